The van der Waals surface area contributed by atoms with Crippen LogP contribution < -0.4 is 0 Å². The lowest BCUT2D eigenvalue weighted by Crippen LogP contribution is -2.59. The van der Waals surface area contributed by atoms with Gasteiger partial charge in [-0.25, -0.2) is 4.79 Å². The first-order chi connectivity index (χ1) is 12.6. The molecule has 0 saturated carbocycles. The summed E-state index contributed by atoms with van der Waals surface area (Å²) in [6.07, 6.45) is 10.0. The average molecular weight is 357 g/mol. The van der Waals surface area contributed by atoms with Crippen molar-refractivity contribution < 1.29 is 14.6 Å². The number of piperidine rings is 2. The fraction of sp³-hybridized carbons (Fsp3) is 0.591. The van der Waals surface area contributed by atoms with Crippen molar-refractivity contribution in [1.29, 1.82) is 0 Å². The van der Waals surface area contributed by atoms with Crippen molar-refractivity contribution in [3.8, 4) is 0 Å². The Hall–Kier alpha value is -1.81. The first-order valence-electron chi connectivity index (χ1n) is 9.93. The Morgan fingerprint density at radius 2 is 1.92 bits per heavy atom. The number of amides is 1. The highest BCUT2D eigenvalue weighted by atomic mass is 16.6. The molecular formula is C22H31NO3. The first kappa shape index (κ1) is 19.0. The Morgan fingerprint density at radius 1 is 1.23 bits per heavy atom. The van der Waals surface area contributed by atoms with Crippen molar-refractivity contribution in [2.45, 2.75) is 82.1 Å². The quantitative estimate of drug-likeness (QED) is 0.562. The summed E-state index contributed by atoms with van der Waals surface area (Å²) in [6.45, 7) is 4.06. The minimum Gasteiger partial charge on any atom is -0.445 e. The Labute approximate surface area is 156 Å². The summed E-state index contributed by atoms with van der Waals surface area (Å²) in [6, 6.07) is 10.00. The van der Waals surface area contributed by atoms with Crippen molar-refractivity contribution >= 4 is 6.09 Å². The van der Waals surface area contributed by atoms with Gasteiger partial charge in [0, 0.05) is 12.1 Å². The van der Waals surface area contributed by atoms with Gasteiger partial charge >= 0.3 is 6.09 Å². The van der Waals surface area contributed by atoms with E-state index in [1.165, 1.54) is 0 Å². The van der Waals surface area contributed by atoms with Gasteiger partial charge in [-0.15, -0.1) is 6.58 Å². The van der Waals surface area contributed by atoms with Gasteiger partial charge in [-0.2, -0.15) is 0 Å². The molecule has 2 aliphatic heterocycles. The Bertz CT molecular complexity index is 587. The summed E-state index contributed by atoms with van der Waals surface area (Å²) < 4.78 is 5.58. The number of unbranched alkanes of at least 4 members (excludes halogenated alkanes) is 2. The van der Waals surface area contributed by atoms with Crippen LogP contribution in [0.2, 0.25) is 0 Å². The van der Waals surface area contributed by atoms with Crippen LogP contribution in [0, 0.1) is 0 Å². The first-order valence-corrected chi connectivity index (χ1v) is 9.93. The van der Waals surface area contributed by atoms with Crippen LogP contribution in [0.4, 0.5) is 4.79 Å². The van der Waals surface area contributed by atoms with Gasteiger partial charge in [0.15, 0.2) is 0 Å². The van der Waals surface area contributed by atoms with Crippen LogP contribution in [0.1, 0.15) is 63.4 Å². The predicted octanol–water partition coefficient (Wildman–Crippen LogP) is 4.82. The molecule has 3 rings (SSSR count). The minimum absolute atomic E-state index is 0.107. The Kier molecular flexibility index (Phi) is 6.36. The molecule has 2 unspecified atom stereocenters. The van der Waals surface area contributed by atoms with Gasteiger partial charge in [-0.1, -0.05) is 42.8 Å². The van der Waals surface area contributed by atoms with Crippen molar-refractivity contribution in [3.05, 3.63) is 48.6 Å². The summed E-state index contributed by atoms with van der Waals surface area (Å²) in [5.41, 5.74) is 0.370. The number of aliphatic hydroxyl groups is 1. The van der Waals surface area contributed by atoms with Crippen molar-refractivity contribution in [3.63, 3.8) is 0 Å². The zero-order chi connectivity index (χ0) is 18.4. The number of ether oxygens (including phenoxy) is 1. The second kappa shape index (κ2) is 8.72. The lowest BCUT2D eigenvalue weighted by Gasteiger charge is -2.51. The van der Waals surface area contributed by atoms with E-state index in [1.54, 1.807) is 0 Å². The number of carbonyl (C=O) groups is 1. The molecule has 1 amide bonds. The largest absolute Gasteiger partial charge is 0.445 e. The van der Waals surface area contributed by atoms with E-state index in [4.69, 9.17) is 4.74 Å². The van der Waals surface area contributed by atoms with Gasteiger partial charge in [0.1, 0.15) is 6.61 Å². The van der Waals surface area contributed by atoms with Crippen LogP contribution in [0.5, 0.6) is 0 Å². The number of fused-ring (bicyclic) bond motifs is 2. The molecule has 0 spiro atoms. The average Bonchev–Trinajstić information content (AvgIpc) is 2.63. The molecule has 2 aliphatic rings. The molecule has 1 N–H and O–H groups in total. The molecule has 2 bridgehead atoms. The maximum atomic E-state index is 12.7. The highest BCUT2D eigenvalue weighted by molar-refractivity contribution is 5.69. The van der Waals surface area contributed by atoms with E-state index >= 15 is 0 Å². The lowest BCUT2D eigenvalue weighted by molar-refractivity contribution is -0.0898. The molecule has 2 fully saturated rings. The number of hydrogen-bond donors (Lipinski definition) is 1. The minimum atomic E-state index is -0.632. The van der Waals surface area contributed by atoms with Crippen LogP contribution in [-0.4, -0.2) is 33.8 Å². The molecule has 0 aromatic heterocycles. The van der Waals surface area contributed by atoms with E-state index in [1.807, 2.05) is 41.3 Å². The Balaban J connectivity index is 1.57. The number of rotatable bonds is 7. The molecule has 4 heteroatoms. The third-order valence-electron chi connectivity index (χ3n) is 5.81. The van der Waals surface area contributed by atoms with Crippen LogP contribution in [-0.2, 0) is 11.3 Å². The van der Waals surface area contributed by atoms with Gasteiger partial charge in [-0.3, -0.25) is 0 Å². The molecule has 2 atom stereocenters. The zero-order valence-corrected chi connectivity index (χ0v) is 15.6. The molecule has 142 valence electrons. The summed E-state index contributed by atoms with van der Waals surface area (Å²) in [7, 11) is 0. The van der Waals surface area contributed by atoms with Gasteiger partial charge in [-0.05, 0) is 56.9 Å². The van der Waals surface area contributed by atoms with E-state index in [0.717, 1.165) is 50.5 Å². The summed E-state index contributed by atoms with van der Waals surface area (Å²) in [5.74, 6) is 0. The summed E-state index contributed by atoms with van der Waals surface area (Å²) >= 11 is 0. The molecule has 1 aromatic rings. The molecule has 0 aliphatic carbocycles. The fourth-order valence-electron chi connectivity index (χ4n) is 4.57. The van der Waals surface area contributed by atoms with Crippen LogP contribution in [0.15, 0.2) is 43.0 Å². The van der Waals surface area contributed by atoms with Crippen LogP contribution in [0.25, 0.3) is 0 Å². The maximum absolute atomic E-state index is 12.7. The smallest absolute Gasteiger partial charge is 0.410 e. The molecule has 4 nitrogen and oxygen atoms in total. The highest BCUT2D eigenvalue weighted by Gasteiger charge is 2.47. The molecule has 2 saturated heterocycles. The summed E-state index contributed by atoms with van der Waals surface area (Å²) in [4.78, 5) is 14.6. The zero-order valence-electron chi connectivity index (χ0n) is 15.6. The van der Waals surface area contributed by atoms with E-state index in [-0.39, 0.29) is 18.2 Å². The van der Waals surface area contributed by atoms with Gasteiger partial charge in [0.05, 0.1) is 5.60 Å². The molecule has 2 heterocycles. The van der Waals surface area contributed by atoms with Gasteiger partial charge < -0.3 is 14.7 Å². The van der Waals surface area contributed by atoms with Crippen molar-refractivity contribution in [1.82, 2.24) is 4.90 Å². The molecule has 1 aromatic carbocycles. The summed E-state index contributed by atoms with van der Waals surface area (Å²) in [5, 5.41) is 11.1. The lowest BCUT2D eigenvalue weighted by atomic mass is 9.73. The number of nitrogens with zero attached hydrogens (tertiary/aromatic N) is 1. The second-order valence-electron chi connectivity index (χ2n) is 7.85. The third kappa shape index (κ3) is 4.67. The molecule has 0 radical (unpaired) electrons. The number of carbonyl (C=O) groups excluding carboxylic acids is 1. The second-order valence-corrected chi connectivity index (χ2v) is 7.85. The number of allylic oxidation sites excluding steroid dienone is 1. The highest BCUT2D eigenvalue weighted by Crippen LogP contribution is 2.41. The van der Waals surface area contributed by atoms with Crippen molar-refractivity contribution in [2.24, 2.45) is 0 Å². The topological polar surface area (TPSA) is 49.8 Å². The number of benzene rings is 1. The Morgan fingerprint density at radius 3 is 2.58 bits per heavy atom. The van der Waals surface area contributed by atoms with E-state index in [2.05, 4.69) is 6.58 Å². The monoisotopic (exact) mass is 357 g/mol. The standard InChI is InChI=1S/C22H31NO3/c1-2-3-4-8-14-22(25)15-19-12-9-13-20(16-22)23(19)21(24)26-17-18-10-6-5-7-11-18/h2,5-7,10-11,19-20,25H,1,3-4,8-9,12-17H2. The van der Waals surface area contributed by atoms with Crippen LogP contribution >= 0.6 is 0 Å². The van der Waals surface area contributed by atoms with E-state index < -0.39 is 5.60 Å². The SMILES string of the molecule is C=CCCCCC1(O)CC2CCCC(C1)N2C(=O)OCc1ccccc1. The number of hydrogen-bond acceptors (Lipinski definition) is 3. The van der Waals surface area contributed by atoms with Gasteiger partial charge in [0.25, 0.3) is 0 Å². The van der Waals surface area contributed by atoms with E-state index in [0.29, 0.717) is 19.4 Å². The molecule has 26 heavy (non-hydrogen) atoms. The van der Waals surface area contributed by atoms with Crippen molar-refractivity contribution in [2.75, 3.05) is 0 Å². The van der Waals surface area contributed by atoms with Gasteiger partial charge in [0.2, 0.25) is 0 Å². The molecular weight excluding hydrogens is 326 g/mol. The third-order valence-corrected chi connectivity index (χ3v) is 5.81. The van der Waals surface area contributed by atoms with Crippen LogP contribution in [0.3, 0.4) is 0 Å². The maximum Gasteiger partial charge on any atom is 0.410 e. The van der Waals surface area contributed by atoms with E-state index in [9.17, 15) is 9.90 Å². The fourth-order valence-corrected chi connectivity index (χ4v) is 4.57. The normalized spacial score (nSPS) is 27.8. The predicted molar refractivity (Wildman–Crippen MR) is 103 cm³/mol.